The van der Waals surface area contributed by atoms with Crippen LogP contribution in [0.1, 0.15) is 23.3 Å². The third-order valence-corrected chi connectivity index (χ3v) is 4.67. The van der Waals surface area contributed by atoms with Crippen molar-refractivity contribution in [1.29, 1.82) is 0 Å². The van der Waals surface area contributed by atoms with Gasteiger partial charge in [0.05, 0.1) is 5.69 Å². The number of benzene rings is 1. The third kappa shape index (κ3) is 3.82. The lowest BCUT2D eigenvalue weighted by Gasteiger charge is -2.32. The third-order valence-electron chi connectivity index (χ3n) is 4.18. The van der Waals surface area contributed by atoms with Gasteiger partial charge in [0.15, 0.2) is 5.69 Å². The summed E-state index contributed by atoms with van der Waals surface area (Å²) in [4.78, 5) is 14.6. The highest BCUT2D eigenvalue weighted by molar-refractivity contribution is 9.10. The first-order valence-electron chi connectivity index (χ1n) is 7.93. The molecule has 0 spiro atoms. The van der Waals surface area contributed by atoms with E-state index in [2.05, 4.69) is 26.3 Å². The molecular formula is C17H21BrN4O. The van der Waals surface area contributed by atoms with Crippen molar-refractivity contribution >= 4 is 21.8 Å². The minimum Gasteiger partial charge on any atom is -0.337 e. The first kappa shape index (κ1) is 16.2. The fourth-order valence-electron chi connectivity index (χ4n) is 3.07. The lowest BCUT2D eigenvalue weighted by atomic mass is 9.98. The molecule has 1 aromatic carbocycles. The normalized spacial score (nSPS) is 18.2. The highest BCUT2D eigenvalue weighted by Crippen LogP contribution is 2.19. The molecular weight excluding hydrogens is 356 g/mol. The van der Waals surface area contributed by atoms with Crippen LogP contribution in [0.3, 0.4) is 0 Å². The summed E-state index contributed by atoms with van der Waals surface area (Å²) in [6, 6.07) is 9.66. The maximum absolute atomic E-state index is 12.7. The molecule has 2 heterocycles. The van der Waals surface area contributed by atoms with E-state index >= 15 is 0 Å². The van der Waals surface area contributed by atoms with Crippen LogP contribution < -0.4 is 5.32 Å². The van der Waals surface area contributed by atoms with E-state index in [0.717, 1.165) is 36.2 Å². The van der Waals surface area contributed by atoms with Crippen LogP contribution in [0.15, 0.2) is 41.0 Å². The van der Waals surface area contributed by atoms with Crippen molar-refractivity contribution in [3.05, 3.63) is 46.7 Å². The number of piperidine rings is 1. The van der Waals surface area contributed by atoms with Crippen LogP contribution in [0.2, 0.25) is 0 Å². The molecule has 1 aromatic heterocycles. The van der Waals surface area contributed by atoms with Crippen molar-refractivity contribution in [2.24, 2.45) is 5.92 Å². The Morgan fingerprint density at radius 2 is 2.30 bits per heavy atom. The average molecular weight is 377 g/mol. The molecule has 1 fully saturated rings. The Labute approximate surface area is 144 Å². The van der Waals surface area contributed by atoms with Crippen molar-refractivity contribution in [1.82, 2.24) is 20.0 Å². The summed E-state index contributed by atoms with van der Waals surface area (Å²) < 4.78 is 2.73. The van der Waals surface area contributed by atoms with E-state index in [-0.39, 0.29) is 5.91 Å². The van der Waals surface area contributed by atoms with Crippen LogP contribution >= 0.6 is 15.9 Å². The molecule has 1 aliphatic rings. The van der Waals surface area contributed by atoms with Crippen LogP contribution in [-0.2, 0) is 0 Å². The molecule has 23 heavy (non-hydrogen) atoms. The van der Waals surface area contributed by atoms with Crippen molar-refractivity contribution in [3.63, 3.8) is 0 Å². The molecule has 122 valence electrons. The van der Waals surface area contributed by atoms with E-state index in [0.29, 0.717) is 11.6 Å². The molecule has 3 rings (SSSR count). The molecule has 0 saturated carbocycles. The zero-order valence-corrected chi connectivity index (χ0v) is 14.8. The van der Waals surface area contributed by atoms with Gasteiger partial charge in [-0.15, -0.1) is 0 Å². The molecule has 1 amide bonds. The Hall–Kier alpha value is -1.66. The highest BCUT2D eigenvalue weighted by atomic mass is 79.9. The smallest absolute Gasteiger partial charge is 0.274 e. The van der Waals surface area contributed by atoms with Gasteiger partial charge in [-0.05, 0) is 56.6 Å². The zero-order chi connectivity index (χ0) is 16.2. The van der Waals surface area contributed by atoms with E-state index in [9.17, 15) is 4.79 Å². The molecule has 0 aliphatic carbocycles. The maximum Gasteiger partial charge on any atom is 0.274 e. The Morgan fingerprint density at radius 3 is 3.09 bits per heavy atom. The number of carbonyl (C=O) groups is 1. The van der Waals surface area contributed by atoms with Gasteiger partial charge in [-0.1, -0.05) is 22.0 Å². The lowest BCUT2D eigenvalue weighted by Crippen LogP contribution is -2.42. The fraction of sp³-hybridized carbons (Fsp3) is 0.412. The standard InChI is InChI=1S/C17H21BrN4O/c1-19-11-13-4-3-8-21(12-13)17(23)16-7-9-22(20-16)15-6-2-5-14(18)10-15/h2,5-7,9-10,13,19H,3-4,8,11-12H2,1H3/t13-/m0/s1. The van der Waals surface area contributed by atoms with Gasteiger partial charge in [0, 0.05) is 23.8 Å². The largest absolute Gasteiger partial charge is 0.337 e. The molecule has 1 saturated heterocycles. The second-order valence-corrected chi connectivity index (χ2v) is 6.86. The van der Waals surface area contributed by atoms with E-state index in [1.165, 1.54) is 6.42 Å². The van der Waals surface area contributed by atoms with Crippen LogP contribution in [0.5, 0.6) is 0 Å². The van der Waals surface area contributed by atoms with E-state index < -0.39 is 0 Å². The zero-order valence-electron chi connectivity index (χ0n) is 13.2. The first-order valence-corrected chi connectivity index (χ1v) is 8.72. The molecule has 5 nitrogen and oxygen atoms in total. The Balaban J connectivity index is 1.73. The van der Waals surface area contributed by atoms with E-state index in [4.69, 9.17) is 0 Å². The number of halogens is 1. The van der Waals surface area contributed by atoms with Crippen LogP contribution in [-0.4, -0.2) is 47.3 Å². The topological polar surface area (TPSA) is 50.2 Å². The number of carbonyl (C=O) groups excluding carboxylic acids is 1. The second kappa shape index (κ2) is 7.27. The summed E-state index contributed by atoms with van der Waals surface area (Å²) in [7, 11) is 1.96. The van der Waals surface area contributed by atoms with Gasteiger partial charge in [-0.25, -0.2) is 4.68 Å². The number of likely N-dealkylation sites (tertiary alicyclic amines) is 1. The van der Waals surface area contributed by atoms with Crippen molar-refractivity contribution in [2.45, 2.75) is 12.8 Å². The summed E-state index contributed by atoms with van der Waals surface area (Å²) in [5.74, 6) is 0.560. The van der Waals surface area contributed by atoms with E-state index in [1.54, 1.807) is 10.7 Å². The summed E-state index contributed by atoms with van der Waals surface area (Å²) in [6.07, 6.45) is 4.07. The van der Waals surface area contributed by atoms with Gasteiger partial charge in [-0.2, -0.15) is 5.10 Å². The number of nitrogens with one attached hydrogen (secondary N) is 1. The number of hydrogen-bond acceptors (Lipinski definition) is 3. The molecule has 1 atom stereocenters. The summed E-state index contributed by atoms with van der Waals surface area (Å²) in [5, 5.41) is 7.66. The number of aromatic nitrogens is 2. The van der Waals surface area contributed by atoms with Crippen LogP contribution in [0.4, 0.5) is 0 Å². The SMILES string of the molecule is CNC[C@@H]1CCCN(C(=O)c2ccn(-c3cccc(Br)c3)n2)C1. The van der Waals surface area contributed by atoms with Gasteiger partial charge >= 0.3 is 0 Å². The number of nitrogens with zero attached hydrogens (tertiary/aromatic N) is 3. The Bertz CT molecular complexity index is 683. The monoisotopic (exact) mass is 376 g/mol. The molecule has 1 aliphatic heterocycles. The second-order valence-electron chi connectivity index (χ2n) is 5.94. The number of hydrogen-bond donors (Lipinski definition) is 1. The van der Waals surface area contributed by atoms with Crippen molar-refractivity contribution in [2.75, 3.05) is 26.7 Å². The molecule has 1 N–H and O–H groups in total. The van der Waals surface area contributed by atoms with Gasteiger partial charge in [0.25, 0.3) is 5.91 Å². The van der Waals surface area contributed by atoms with Gasteiger partial charge in [0.1, 0.15) is 0 Å². The minimum absolute atomic E-state index is 0.0274. The van der Waals surface area contributed by atoms with Gasteiger partial charge < -0.3 is 10.2 Å². The fourth-order valence-corrected chi connectivity index (χ4v) is 3.45. The average Bonchev–Trinajstić information content (AvgIpc) is 3.05. The predicted octanol–water partition coefficient (Wildman–Crippen LogP) is 2.71. The predicted molar refractivity (Wildman–Crippen MR) is 93.8 cm³/mol. The Morgan fingerprint density at radius 1 is 1.43 bits per heavy atom. The van der Waals surface area contributed by atoms with Gasteiger partial charge in [0.2, 0.25) is 0 Å². The quantitative estimate of drug-likeness (QED) is 0.892. The summed E-state index contributed by atoms with van der Waals surface area (Å²) in [5.41, 5.74) is 1.44. The number of rotatable bonds is 4. The minimum atomic E-state index is 0.0274. The molecule has 0 bridgehead atoms. The summed E-state index contributed by atoms with van der Waals surface area (Å²) >= 11 is 3.46. The van der Waals surface area contributed by atoms with Gasteiger partial charge in [-0.3, -0.25) is 4.79 Å². The van der Waals surface area contributed by atoms with Crippen molar-refractivity contribution < 1.29 is 4.79 Å². The molecule has 6 heteroatoms. The molecule has 0 radical (unpaired) electrons. The van der Waals surface area contributed by atoms with Crippen LogP contribution in [0, 0.1) is 5.92 Å². The number of amides is 1. The molecule has 2 aromatic rings. The van der Waals surface area contributed by atoms with E-state index in [1.807, 2.05) is 42.4 Å². The van der Waals surface area contributed by atoms with Crippen molar-refractivity contribution in [3.8, 4) is 5.69 Å². The first-order chi connectivity index (χ1) is 11.2. The Kier molecular flexibility index (Phi) is 5.13. The molecule has 0 unspecified atom stereocenters. The highest BCUT2D eigenvalue weighted by Gasteiger charge is 2.25. The maximum atomic E-state index is 12.7. The summed E-state index contributed by atoms with van der Waals surface area (Å²) in [6.45, 7) is 2.59. The van der Waals surface area contributed by atoms with Crippen LogP contribution in [0.25, 0.3) is 5.69 Å². The lowest BCUT2D eigenvalue weighted by molar-refractivity contribution is 0.0668.